The van der Waals surface area contributed by atoms with Crippen LogP contribution in [-0.2, 0) is 11.3 Å². The first-order chi connectivity index (χ1) is 11.7. The molecule has 25 heavy (non-hydrogen) atoms. The van der Waals surface area contributed by atoms with Crippen molar-refractivity contribution in [3.63, 3.8) is 0 Å². The number of rotatable bonds is 5. The van der Waals surface area contributed by atoms with Gasteiger partial charge in [-0.25, -0.2) is 4.99 Å². The average molecular weight is 516 g/mol. The van der Waals surface area contributed by atoms with E-state index in [2.05, 4.69) is 50.5 Å². The van der Waals surface area contributed by atoms with Gasteiger partial charge in [0, 0.05) is 22.8 Å². The first-order valence-corrected chi connectivity index (χ1v) is 8.87. The molecule has 0 unspecified atom stereocenters. The second kappa shape index (κ2) is 9.54. The molecule has 0 heterocycles. The lowest BCUT2D eigenvalue weighted by Gasteiger charge is -2.33. The largest absolute Gasteiger partial charge is 0.380 e. The fourth-order valence-electron chi connectivity index (χ4n) is 2.99. The van der Waals surface area contributed by atoms with E-state index in [-0.39, 0.29) is 24.0 Å². The fourth-order valence-corrected chi connectivity index (χ4v) is 3.26. The smallest absolute Gasteiger partial charge is 0.193 e. The highest BCUT2D eigenvalue weighted by molar-refractivity contribution is 14.0. The Hall–Kier alpha value is -1.12. The molecular weight excluding hydrogens is 493 g/mol. The zero-order chi connectivity index (χ0) is 16.9. The van der Waals surface area contributed by atoms with E-state index >= 15 is 0 Å². The summed E-state index contributed by atoms with van der Waals surface area (Å²) in [7, 11) is 1.69. The highest BCUT2D eigenvalue weighted by Crippen LogP contribution is 2.39. The van der Waals surface area contributed by atoms with Crippen LogP contribution in [0.3, 0.4) is 0 Å². The monoisotopic (exact) mass is 515 g/mol. The Morgan fingerprint density at radius 1 is 1.20 bits per heavy atom. The zero-order valence-corrected chi connectivity index (χ0v) is 18.0. The van der Waals surface area contributed by atoms with Gasteiger partial charge >= 0.3 is 0 Å². The Balaban J connectivity index is 0.00000225. The van der Waals surface area contributed by atoms with E-state index in [1.807, 2.05) is 24.3 Å². The van der Waals surface area contributed by atoms with Crippen molar-refractivity contribution in [2.45, 2.75) is 31.4 Å². The number of halogens is 2. The normalized spacial score (nSPS) is 19.7. The van der Waals surface area contributed by atoms with E-state index in [4.69, 9.17) is 10.5 Å². The summed E-state index contributed by atoms with van der Waals surface area (Å²) in [6.45, 7) is 0.547. The number of nitrogens with two attached hydrogens (primary N) is 1. The van der Waals surface area contributed by atoms with Gasteiger partial charge < -0.3 is 15.8 Å². The van der Waals surface area contributed by atoms with Crippen LogP contribution < -0.4 is 11.1 Å². The van der Waals surface area contributed by atoms with Crippen molar-refractivity contribution in [3.05, 3.63) is 64.1 Å². The summed E-state index contributed by atoms with van der Waals surface area (Å²) in [5.41, 5.74) is 9.47. The van der Waals surface area contributed by atoms with Crippen molar-refractivity contribution in [1.29, 1.82) is 0 Å². The van der Waals surface area contributed by atoms with Crippen molar-refractivity contribution < 1.29 is 4.74 Å². The Morgan fingerprint density at radius 2 is 1.88 bits per heavy atom. The molecule has 4 nitrogen and oxygen atoms in total. The number of hydrogen-bond donors (Lipinski definition) is 2. The molecule has 2 aromatic rings. The molecule has 0 aromatic heterocycles. The van der Waals surface area contributed by atoms with Crippen LogP contribution in [0.1, 0.15) is 29.9 Å². The van der Waals surface area contributed by atoms with Crippen LogP contribution in [0, 0.1) is 0 Å². The molecule has 1 aliphatic carbocycles. The lowest BCUT2D eigenvalue weighted by molar-refractivity contribution is 0.185. The third-order valence-electron chi connectivity index (χ3n) is 4.36. The minimum Gasteiger partial charge on any atom is -0.380 e. The van der Waals surface area contributed by atoms with Crippen LogP contribution in [0.4, 0.5) is 5.69 Å². The van der Waals surface area contributed by atoms with E-state index in [1.54, 1.807) is 7.11 Å². The lowest BCUT2D eigenvalue weighted by Crippen LogP contribution is -2.31. The maximum Gasteiger partial charge on any atom is 0.193 e. The number of nitrogens with zero attached hydrogens (tertiary/aromatic N) is 1. The molecule has 1 fully saturated rings. The molecule has 0 spiro atoms. The lowest BCUT2D eigenvalue weighted by atomic mass is 9.76. The van der Waals surface area contributed by atoms with Crippen molar-refractivity contribution in [3.8, 4) is 0 Å². The first kappa shape index (κ1) is 20.2. The summed E-state index contributed by atoms with van der Waals surface area (Å²) in [6.07, 6.45) is 2.09. The van der Waals surface area contributed by atoms with Gasteiger partial charge in [-0.2, -0.15) is 0 Å². The molecule has 0 atom stereocenters. The number of para-hydroxylation sites is 1. The van der Waals surface area contributed by atoms with Gasteiger partial charge in [0.2, 0.25) is 0 Å². The summed E-state index contributed by atoms with van der Waals surface area (Å²) >= 11 is 3.47. The summed E-state index contributed by atoms with van der Waals surface area (Å²) in [4.78, 5) is 4.61. The number of hydrogen-bond acceptors (Lipinski definition) is 2. The maximum absolute atomic E-state index is 6.08. The van der Waals surface area contributed by atoms with Crippen LogP contribution in [-0.4, -0.2) is 19.1 Å². The van der Waals surface area contributed by atoms with Crippen molar-refractivity contribution in [2.75, 3.05) is 12.4 Å². The van der Waals surface area contributed by atoms with E-state index in [9.17, 15) is 0 Å². The molecule has 3 N–H and O–H groups in total. The van der Waals surface area contributed by atoms with E-state index in [1.165, 1.54) is 5.56 Å². The van der Waals surface area contributed by atoms with Gasteiger partial charge in [0.15, 0.2) is 5.96 Å². The molecular formula is C19H23BrIN3O. The second-order valence-corrected chi connectivity index (χ2v) is 7.02. The first-order valence-electron chi connectivity index (χ1n) is 8.08. The summed E-state index contributed by atoms with van der Waals surface area (Å²) < 4.78 is 6.33. The van der Waals surface area contributed by atoms with Crippen molar-refractivity contribution in [1.82, 2.24) is 0 Å². The van der Waals surface area contributed by atoms with E-state index in [0.717, 1.165) is 28.6 Å². The second-order valence-electron chi connectivity index (χ2n) is 6.10. The molecule has 6 heteroatoms. The van der Waals surface area contributed by atoms with Crippen molar-refractivity contribution in [2.24, 2.45) is 10.7 Å². The maximum atomic E-state index is 6.08. The number of methoxy groups -OCH3 is 1. The number of guanidine groups is 1. The van der Waals surface area contributed by atoms with Crippen LogP contribution in [0.15, 0.2) is 58.0 Å². The predicted octanol–water partition coefficient (Wildman–Crippen LogP) is 4.89. The summed E-state index contributed by atoms with van der Waals surface area (Å²) in [5.74, 6) is 1.05. The number of anilines is 1. The van der Waals surface area contributed by atoms with Crippen LogP contribution >= 0.6 is 39.9 Å². The van der Waals surface area contributed by atoms with E-state index < -0.39 is 0 Å². The number of nitrogens with one attached hydrogen (secondary N) is 1. The fraction of sp³-hybridized carbons (Fsp3) is 0.316. The Labute approximate surface area is 174 Å². The average Bonchev–Trinajstić information content (AvgIpc) is 2.54. The number of aliphatic imine (C=N–C) groups is 1. The van der Waals surface area contributed by atoms with Crippen LogP contribution in [0.5, 0.6) is 0 Å². The molecule has 0 saturated heterocycles. The highest BCUT2D eigenvalue weighted by atomic mass is 127. The molecule has 0 radical (unpaired) electrons. The molecule has 2 aromatic carbocycles. The number of benzene rings is 2. The van der Waals surface area contributed by atoms with Gasteiger partial charge in [-0.05, 0) is 42.5 Å². The minimum atomic E-state index is 0. The Kier molecular flexibility index (Phi) is 7.71. The Morgan fingerprint density at radius 3 is 2.56 bits per heavy atom. The molecule has 3 rings (SSSR count). The number of ether oxygens (including phenoxy) is 1. The highest BCUT2D eigenvalue weighted by Gasteiger charge is 2.30. The minimum absolute atomic E-state index is 0. The summed E-state index contributed by atoms with van der Waals surface area (Å²) in [5, 5.41) is 3.20. The standard InChI is InChI=1S/C19H22BrN3O.HI/c1-24-12-14-4-2-3-5-18(14)23-19(21)22-17-10-15(11-17)13-6-8-16(20)9-7-13;/h2-9,15,17H,10-12H2,1H3,(H3,21,22,23);1H. The van der Waals surface area contributed by atoms with Crippen molar-refractivity contribution >= 4 is 51.6 Å². The molecule has 0 bridgehead atoms. The predicted molar refractivity (Wildman–Crippen MR) is 118 cm³/mol. The van der Waals surface area contributed by atoms with Gasteiger partial charge in [-0.1, -0.05) is 46.3 Å². The van der Waals surface area contributed by atoms with Gasteiger partial charge in [-0.15, -0.1) is 24.0 Å². The molecule has 134 valence electrons. The summed E-state index contributed by atoms with van der Waals surface area (Å²) in [6, 6.07) is 16.8. The Bertz CT molecular complexity index is 715. The molecule has 1 aliphatic rings. The molecule has 0 aliphatic heterocycles. The molecule has 1 saturated carbocycles. The third-order valence-corrected chi connectivity index (χ3v) is 4.88. The van der Waals surface area contributed by atoms with Gasteiger partial charge in [-0.3, -0.25) is 0 Å². The van der Waals surface area contributed by atoms with Gasteiger partial charge in [0.05, 0.1) is 12.6 Å². The van der Waals surface area contributed by atoms with Crippen LogP contribution in [0.2, 0.25) is 0 Å². The van der Waals surface area contributed by atoms with E-state index in [0.29, 0.717) is 24.5 Å². The topological polar surface area (TPSA) is 59.6 Å². The van der Waals surface area contributed by atoms with Gasteiger partial charge in [0.1, 0.15) is 0 Å². The quantitative estimate of drug-likeness (QED) is 0.338. The SMILES string of the molecule is COCc1ccccc1NC(N)=NC1CC(c2ccc(Br)cc2)C1.I. The van der Waals surface area contributed by atoms with Gasteiger partial charge in [0.25, 0.3) is 0 Å². The zero-order valence-electron chi connectivity index (χ0n) is 14.1. The third kappa shape index (κ3) is 5.43. The molecule has 0 amide bonds. The van der Waals surface area contributed by atoms with Crippen LogP contribution in [0.25, 0.3) is 0 Å².